The van der Waals surface area contributed by atoms with Crippen LogP contribution >= 0.6 is 0 Å². The van der Waals surface area contributed by atoms with Crippen molar-refractivity contribution in [3.05, 3.63) is 46.0 Å². The van der Waals surface area contributed by atoms with Crippen LogP contribution in [0.25, 0.3) is 5.57 Å². The van der Waals surface area contributed by atoms with Crippen molar-refractivity contribution in [1.82, 2.24) is 0 Å². The quantitative estimate of drug-likeness (QED) is 0.488. The van der Waals surface area contributed by atoms with E-state index in [1.807, 2.05) is 0 Å². The van der Waals surface area contributed by atoms with Gasteiger partial charge in [-0.15, -0.1) is 0 Å². The Hall–Kier alpha value is -2.31. The van der Waals surface area contributed by atoms with Crippen LogP contribution < -0.4 is 0 Å². The summed E-state index contributed by atoms with van der Waals surface area (Å²) in [6.45, 7) is 3.02. The Balaban J connectivity index is 3.36. The molecule has 0 bridgehead atoms. The number of rotatable bonds is 3. The van der Waals surface area contributed by atoms with Crippen molar-refractivity contribution in [2.75, 3.05) is 0 Å². The molecular formula is C9H5F2NO4. The van der Waals surface area contributed by atoms with Gasteiger partial charge >= 0.3 is 11.7 Å². The van der Waals surface area contributed by atoms with Crippen LogP contribution in [0.1, 0.15) is 5.56 Å². The maximum Gasteiger partial charge on any atom is 0.335 e. The van der Waals surface area contributed by atoms with Crippen molar-refractivity contribution in [1.29, 1.82) is 0 Å². The van der Waals surface area contributed by atoms with Crippen LogP contribution in [0.2, 0.25) is 0 Å². The molecule has 1 aromatic carbocycles. The first-order chi connectivity index (χ1) is 7.34. The molecule has 0 unspecified atom stereocenters. The Morgan fingerprint density at radius 3 is 2.38 bits per heavy atom. The minimum absolute atomic E-state index is 0.318. The van der Waals surface area contributed by atoms with E-state index >= 15 is 0 Å². The third-order valence-electron chi connectivity index (χ3n) is 1.82. The first-order valence-corrected chi connectivity index (χ1v) is 3.90. The van der Waals surface area contributed by atoms with Gasteiger partial charge in [-0.25, -0.2) is 9.18 Å². The van der Waals surface area contributed by atoms with Crippen LogP contribution in [0.4, 0.5) is 14.5 Å². The van der Waals surface area contributed by atoms with Crippen molar-refractivity contribution in [2.24, 2.45) is 0 Å². The minimum atomic E-state index is -1.54. The topological polar surface area (TPSA) is 80.4 Å². The summed E-state index contributed by atoms with van der Waals surface area (Å²) in [5.41, 5.74) is -2.35. The molecule has 0 saturated carbocycles. The molecule has 0 heterocycles. The maximum atomic E-state index is 13.2. The van der Waals surface area contributed by atoms with E-state index in [-0.39, 0.29) is 0 Å². The van der Waals surface area contributed by atoms with Gasteiger partial charge in [0.2, 0.25) is 5.82 Å². The summed E-state index contributed by atoms with van der Waals surface area (Å²) in [7, 11) is 0. The Bertz CT molecular complexity index is 499. The molecule has 0 amide bonds. The summed E-state index contributed by atoms with van der Waals surface area (Å²) in [6.07, 6.45) is 0. The maximum absolute atomic E-state index is 13.2. The number of nitro benzene ring substituents is 1. The molecule has 7 heteroatoms. The number of hydrogen-bond donors (Lipinski definition) is 1. The summed E-state index contributed by atoms with van der Waals surface area (Å²) < 4.78 is 26.3. The number of hydrogen-bond acceptors (Lipinski definition) is 3. The summed E-state index contributed by atoms with van der Waals surface area (Å²) in [5, 5.41) is 18.8. The molecule has 0 aliphatic carbocycles. The Labute approximate surface area is 87.8 Å². The molecule has 0 aliphatic heterocycles. The monoisotopic (exact) mass is 229 g/mol. The first-order valence-electron chi connectivity index (χ1n) is 3.90. The fraction of sp³-hybridized carbons (Fsp3) is 0. The molecule has 0 saturated heterocycles. The second kappa shape index (κ2) is 4.05. The zero-order valence-electron chi connectivity index (χ0n) is 7.74. The van der Waals surface area contributed by atoms with Gasteiger partial charge in [-0.3, -0.25) is 10.1 Å². The standard InChI is InChI=1S/C9H5F2NO4/c1-4(9(13)14)5-2-7(11)8(12(15)16)3-6(5)10/h2-3H,1H2,(H,13,14). The molecule has 0 fully saturated rings. The van der Waals surface area contributed by atoms with Gasteiger partial charge in [-0.2, -0.15) is 4.39 Å². The zero-order chi connectivity index (χ0) is 12.5. The average Bonchev–Trinajstić information content (AvgIpc) is 2.19. The number of carboxylic acid groups (broad SMARTS) is 1. The van der Waals surface area contributed by atoms with Crippen LogP contribution in [-0.4, -0.2) is 16.0 Å². The zero-order valence-corrected chi connectivity index (χ0v) is 7.74. The largest absolute Gasteiger partial charge is 0.478 e. The van der Waals surface area contributed by atoms with E-state index in [4.69, 9.17) is 5.11 Å². The number of nitrogens with zero attached hydrogens (tertiary/aromatic N) is 1. The van der Waals surface area contributed by atoms with E-state index in [2.05, 4.69) is 6.58 Å². The number of benzene rings is 1. The summed E-state index contributed by atoms with van der Waals surface area (Å²) >= 11 is 0. The molecule has 1 aromatic rings. The normalized spacial score (nSPS) is 9.88. The van der Waals surface area contributed by atoms with Crippen molar-refractivity contribution in [3.8, 4) is 0 Å². The molecule has 0 aromatic heterocycles. The van der Waals surface area contributed by atoms with Gasteiger partial charge in [-0.1, -0.05) is 6.58 Å². The second-order valence-corrected chi connectivity index (χ2v) is 2.82. The lowest BCUT2D eigenvalue weighted by Gasteiger charge is -2.03. The van der Waals surface area contributed by atoms with Crippen molar-refractivity contribution >= 4 is 17.2 Å². The molecule has 16 heavy (non-hydrogen) atoms. The van der Waals surface area contributed by atoms with Gasteiger partial charge in [0.05, 0.1) is 16.6 Å². The Kier molecular flexibility index (Phi) is 2.98. The molecule has 0 spiro atoms. The van der Waals surface area contributed by atoms with E-state index in [0.29, 0.717) is 12.1 Å². The number of halogens is 2. The smallest absolute Gasteiger partial charge is 0.335 e. The Morgan fingerprint density at radius 2 is 1.94 bits per heavy atom. The third kappa shape index (κ3) is 2.02. The highest BCUT2D eigenvalue weighted by molar-refractivity contribution is 6.14. The lowest BCUT2D eigenvalue weighted by Crippen LogP contribution is -2.03. The van der Waals surface area contributed by atoms with Gasteiger partial charge in [0.15, 0.2) is 0 Å². The summed E-state index contributed by atoms with van der Waals surface area (Å²) in [5.74, 6) is -4.06. The van der Waals surface area contributed by atoms with E-state index in [0.717, 1.165) is 0 Å². The van der Waals surface area contributed by atoms with Crippen LogP contribution in [-0.2, 0) is 4.79 Å². The van der Waals surface area contributed by atoms with Crippen molar-refractivity contribution in [3.63, 3.8) is 0 Å². The third-order valence-corrected chi connectivity index (χ3v) is 1.82. The SMILES string of the molecule is C=C(C(=O)O)c1cc(F)c([N+](=O)[O-])cc1F. The number of carboxylic acids is 1. The van der Waals surface area contributed by atoms with Crippen LogP contribution in [0.3, 0.4) is 0 Å². The summed E-state index contributed by atoms with van der Waals surface area (Å²) in [6, 6.07) is 0.753. The van der Waals surface area contributed by atoms with Crippen molar-refractivity contribution < 1.29 is 23.6 Å². The fourth-order valence-electron chi connectivity index (χ4n) is 1.02. The molecule has 1 rings (SSSR count). The van der Waals surface area contributed by atoms with E-state index in [9.17, 15) is 23.7 Å². The molecule has 84 valence electrons. The van der Waals surface area contributed by atoms with E-state index in [1.54, 1.807) is 0 Å². The minimum Gasteiger partial charge on any atom is -0.478 e. The highest BCUT2D eigenvalue weighted by atomic mass is 19.1. The van der Waals surface area contributed by atoms with Gasteiger partial charge in [0, 0.05) is 5.56 Å². The second-order valence-electron chi connectivity index (χ2n) is 2.82. The lowest BCUT2D eigenvalue weighted by atomic mass is 10.1. The number of aliphatic carboxylic acids is 1. The van der Waals surface area contributed by atoms with Gasteiger partial charge < -0.3 is 5.11 Å². The van der Waals surface area contributed by atoms with E-state index in [1.165, 1.54) is 0 Å². The molecular weight excluding hydrogens is 224 g/mol. The predicted octanol–water partition coefficient (Wildman–Crippen LogP) is 1.97. The number of nitro groups is 1. The van der Waals surface area contributed by atoms with Crippen LogP contribution in [0, 0.1) is 21.7 Å². The predicted molar refractivity (Wildman–Crippen MR) is 49.7 cm³/mol. The van der Waals surface area contributed by atoms with Gasteiger partial charge in [0.25, 0.3) is 0 Å². The fourth-order valence-corrected chi connectivity index (χ4v) is 1.02. The van der Waals surface area contributed by atoms with Gasteiger partial charge in [0.1, 0.15) is 5.82 Å². The lowest BCUT2D eigenvalue weighted by molar-refractivity contribution is -0.387. The Morgan fingerprint density at radius 1 is 1.38 bits per heavy atom. The molecule has 0 atom stereocenters. The van der Waals surface area contributed by atoms with Crippen LogP contribution in [0.15, 0.2) is 18.7 Å². The molecule has 0 aliphatic rings. The number of carbonyl (C=O) groups is 1. The summed E-state index contributed by atoms with van der Waals surface area (Å²) in [4.78, 5) is 19.6. The molecule has 5 nitrogen and oxygen atoms in total. The van der Waals surface area contributed by atoms with Crippen LogP contribution in [0.5, 0.6) is 0 Å². The van der Waals surface area contributed by atoms with Crippen molar-refractivity contribution in [2.45, 2.75) is 0 Å². The molecule has 1 N–H and O–H groups in total. The highest BCUT2D eigenvalue weighted by Crippen LogP contribution is 2.25. The first kappa shape index (κ1) is 11.8. The highest BCUT2D eigenvalue weighted by Gasteiger charge is 2.21. The van der Waals surface area contributed by atoms with E-state index < -0.39 is 39.4 Å². The average molecular weight is 229 g/mol. The van der Waals surface area contributed by atoms with Gasteiger partial charge in [-0.05, 0) is 6.07 Å². The molecule has 0 radical (unpaired) electrons.